The number of fused-ring (bicyclic) bond motifs is 1. The fraction of sp³-hybridized carbons (Fsp3) is 0.273. The second kappa shape index (κ2) is 8.54. The minimum atomic E-state index is -0.0649. The molecule has 0 radical (unpaired) electrons. The molecule has 140 valence electrons. The third kappa shape index (κ3) is 4.76. The number of benzene rings is 2. The van der Waals surface area contributed by atoms with Crippen LogP contribution in [0.3, 0.4) is 0 Å². The Morgan fingerprint density at radius 2 is 1.89 bits per heavy atom. The summed E-state index contributed by atoms with van der Waals surface area (Å²) in [6.45, 7) is 5.30. The Kier molecular flexibility index (Phi) is 5.91. The van der Waals surface area contributed by atoms with Gasteiger partial charge in [0.05, 0.1) is 6.61 Å². The Balaban J connectivity index is 1.48. The highest BCUT2D eigenvalue weighted by Gasteiger charge is 2.07. The largest absolute Gasteiger partial charge is 0.491 e. The first-order valence-corrected chi connectivity index (χ1v) is 9.21. The summed E-state index contributed by atoms with van der Waals surface area (Å²) in [7, 11) is 0. The van der Waals surface area contributed by atoms with Crippen molar-refractivity contribution in [1.82, 2.24) is 10.3 Å². The summed E-state index contributed by atoms with van der Waals surface area (Å²) < 4.78 is 5.83. The normalized spacial score (nSPS) is 10.9. The van der Waals surface area contributed by atoms with Crippen molar-refractivity contribution in [3.8, 4) is 5.75 Å². The molecule has 3 aromatic rings. The van der Waals surface area contributed by atoms with Crippen LogP contribution in [0.1, 0.15) is 42.1 Å². The van der Waals surface area contributed by atoms with Crippen LogP contribution in [0, 0.1) is 0 Å². The molecule has 2 aromatic carbocycles. The average Bonchev–Trinajstić information content (AvgIpc) is 2.67. The minimum absolute atomic E-state index is 0.0649. The van der Waals surface area contributed by atoms with Gasteiger partial charge >= 0.3 is 0 Å². The van der Waals surface area contributed by atoms with Crippen LogP contribution in [0.2, 0.25) is 0 Å². The van der Waals surface area contributed by atoms with Crippen molar-refractivity contribution in [1.29, 1.82) is 0 Å². The van der Waals surface area contributed by atoms with Gasteiger partial charge in [-0.1, -0.05) is 38.1 Å². The van der Waals surface area contributed by atoms with Gasteiger partial charge in [-0.2, -0.15) is 0 Å². The fourth-order valence-electron chi connectivity index (χ4n) is 2.83. The Hall–Kier alpha value is -3.08. The van der Waals surface area contributed by atoms with Crippen LogP contribution in [0.15, 0.2) is 54.6 Å². The molecule has 5 heteroatoms. The number of ether oxygens (including phenoxy) is 1. The van der Waals surface area contributed by atoms with Gasteiger partial charge in [-0.15, -0.1) is 0 Å². The fourth-order valence-corrected chi connectivity index (χ4v) is 2.83. The molecule has 0 saturated carbocycles. The molecule has 1 aromatic heterocycles. The minimum Gasteiger partial charge on any atom is -0.491 e. The van der Waals surface area contributed by atoms with E-state index in [9.17, 15) is 4.79 Å². The highest BCUT2D eigenvalue weighted by atomic mass is 16.5. The third-order valence-corrected chi connectivity index (χ3v) is 4.41. The number of nitrogens with one attached hydrogen (secondary N) is 1. The van der Waals surface area contributed by atoms with Crippen molar-refractivity contribution in [3.05, 3.63) is 65.7 Å². The van der Waals surface area contributed by atoms with E-state index in [4.69, 9.17) is 10.5 Å². The number of pyridine rings is 1. The zero-order chi connectivity index (χ0) is 19.2. The second-order valence-corrected chi connectivity index (χ2v) is 6.80. The number of hydrogen-bond donors (Lipinski definition) is 2. The molecule has 0 aliphatic rings. The molecule has 0 fully saturated rings. The van der Waals surface area contributed by atoms with Crippen LogP contribution in [-0.2, 0) is 0 Å². The maximum absolute atomic E-state index is 12.2. The lowest BCUT2D eigenvalue weighted by Crippen LogP contribution is -2.25. The number of nitrogen functional groups attached to an aromatic ring is 1. The lowest BCUT2D eigenvalue weighted by Gasteiger charge is -2.10. The van der Waals surface area contributed by atoms with Crippen molar-refractivity contribution in [2.75, 3.05) is 18.9 Å². The first-order chi connectivity index (χ1) is 13.0. The number of nitrogens with two attached hydrogens (primary N) is 1. The summed E-state index contributed by atoms with van der Waals surface area (Å²) in [5.41, 5.74) is 8.43. The van der Waals surface area contributed by atoms with Gasteiger partial charge in [0.25, 0.3) is 5.91 Å². The van der Waals surface area contributed by atoms with Crippen molar-refractivity contribution in [2.45, 2.75) is 26.2 Å². The van der Waals surface area contributed by atoms with E-state index in [1.54, 1.807) is 6.07 Å². The Morgan fingerprint density at radius 1 is 1.11 bits per heavy atom. The maximum Gasteiger partial charge on any atom is 0.251 e. The van der Waals surface area contributed by atoms with E-state index in [0.29, 0.717) is 42.6 Å². The van der Waals surface area contributed by atoms with Gasteiger partial charge in [0, 0.05) is 17.5 Å². The highest BCUT2D eigenvalue weighted by Crippen LogP contribution is 2.24. The topological polar surface area (TPSA) is 77.2 Å². The molecular formula is C22H25N3O2. The Bertz CT molecular complexity index is 920. The summed E-state index contributed by atoms with van der Waals surface area (Å²) in [5, 5.41) is 3.91. The molecule has 5 nitrogen and oxygen atoms in total. The molecule has 27 heavy (non-hydrogen) atoms. The lowest BCUT2D eigenvalue weighted by molar-refractivity contribution is 0.0951. The second-order valence-electron chi connectivity index (χ2n) is 6.80. The number of rotatable bonds is 7. The zero-order valence-electron chi connectivity index (χ0n) is 15.7. The van der Waals surface area contributed by atoms with E-state index < -0.39 is 0 Å². The molecule has 0 atom stereocenters. The summed E-state index contributed by atoms with van der Waals surface area (Å²) >= 11 is 0. The SMILES string of the molecule is CC(C)c1ccc(C(=O)NCCCOc2cccc3ccc(N)nc23)cc1. The van der Waals surface area contributed by atoms with Crippen molar-refractivity contribution in [3.63, 3.8) is 0 Å². The van der Waals surface area contributed by atoms with Gasteiger partial charge < -0.3 is 15.8 Å². The molecule has 0 aliphatic heterocycles. The van der Waals surface area contributed by atoms with Crippen LogP contribution < -0.4 is 15.8 Å². The number of carbonyl (C=O) groups excluding carboxylic acids is 1. The standard InChI is InChI=1S/C22H25N3O2/c1-15(2)16-7-9-18(10-8-16)22(26)24-13-4-14-27-19-6-3-5-17-11-12-20(23)25-21(17)19/h3,5-12,15H,4,13-14H2,1-2H3,(H2,23,25)(H,24,26). The molecule has 3 N–H and O–H groups in total. The maximum atomic E-state index is 12.2. The molecule has 0 saturated heterocycles. The van der Waals surface area contributed by atoms with Crippen molar-refractivity contribution >= 4 is 22.6 Å². The number of nitrogens with zero attached hydrogens (tertiary/aromatic N) is 1. The van der Waals surface area contributed by atoms with E-state index in [0.717, 1.165) is 10.9 Å². The van der Waals surface area contributed by atoms with E-state index in [1.807, 2.05) is 48.5 Å². The summed E-state index contributed by atoms with van der Waals surface area (Å²) in [6.07, 6.45) is 0.703. The third-order valence-electron chi connectivity index (χ3n) is 4.41. The Labute approximate surface area is 159 Å². The van der Waals surface area contributed by atoms with E-state index >= 15 is 0 Å². The van der Waals surface area contributed by atoms with Gasteiger partial charge in [0.2, 0.25) is 0 Å². The van der Waals surface area contributed by atoms with Crippen LogP contribution in [0.5, 0.6) is 5.75 Å². The smallest absolute Gasteiger partial charge is 0.251 e. The molecule has 1 amide bonds. The molecule has 0 unspecified atom stereocenters. The molecule has 1 heterocycles. The number of carbonyl (C=O) groups is 1. The van der Waals surface area contributed by atoms with Gasteiger partial charge in [-0.3, -0.25) is 4.79 Å². The average molecular weight is 363 g/mol. The molecule has 0 spiro atoms. The van der Waals surface area contributed by atoms with E-state index in [2.05, 4.69) is 24.1 Å². The number of hydrogen-bond acceptors (Lipinski definition) is 4. The number of anilines is 1. The first-order valence-electron chi connectivity index (χ1n) is 9.21. The predicted octanol–water partition coefficient (Wildman–Crippen LogP) is 4.14. The number of amides is 1. The van der Waals surface area contributed by atoms with Crippen LogP contribution in [-0.4, -0.2) is 24.0 Å². The Morgan fingerprint density at radius 3 is 2.63 bits per heavy atom. The predicted molar refractivity (Wildman–Crippen MR) is 109 cm³/mol. The van der Waals surface area contributed by atoms with Gasteiger partial charge in [0.1, 0.15) is 17.1 Å². The van der Waals surface area contributed by atoms with Gasteiger partial charge in [-0.25, -0.2) is 4.98 Å². The van der Waals surface area contributed by atoms with Gasteiger partial charge in [-0.05, 0) is 48.2 Å². The summed E-state index contributed by atoms with van der Waals surface area (Å²) in [6, 6.07) is 17.2. The summed E-state index contributed by atoms with van der Waals surface area (Å²) in [4.78, 5) is 16.5. The zero-order valence-corrected chi connectivity index (χ0v) is 15.7. The molecular weight excluding hydrogens is 338 g/mol. The van der Waals surface area contributed by atoms with Crippen LogP contribution in [0.4, 0.5) is 5.82 Å². The van der Waals surface area contributed by atoms with E-state index in [1.165, 1.54) is 5.56 Å². The van der Waals surface area contributed by atoms with Crippen molar-refractivity contribution < 1.29 is 9.53 Å². The quantitative estimate of drug-likeness (QED) is 0.619. The number of aromatic nitrogens is 1. The summed E-state index contributed by atoms with van der Waals surface area (Å²) in [5.74, 6) is 1.56. The monoisotopic (exact) mass is 363 g/mol. The van der Waals surface area contributed by atoms with Crippen LogP contribution >= 0.6 is 0 Å². The number of para-hydroxylation sites is 1. The lowest BCUT2D eigenvalue weighted by atomic mass is 10.0. The van der Waals surface area contributed by atoms with Gasteiger partial charge in [0.15, 0.2) is 0 Å². The molecule has 0 aliphatic carbocycles. The molecule has 3 rings (SSSR count). The van der Waals surface area contributed by atoms with E-state index in [-0.39, 0.29) is 5.91 Å². The van der Waals surface area contributed by atoms with Crippen molar-refractivity contribution in [2.24, 2.45) is 0 Å². The molecule has 0 bridgehead atoms. The highest BCUT2D eigenvalue weighted by molar-refractivity contribution is 5.94. The van der Waals surface area contributed by atoms with Crippen LogP contribution in [0.25, 0.3) is 10.9 Å². The first kappa shape index (κ1) is 18.7.